The van der Waals surface area contributed by atoms with Crippen LogP contribution in [0.2, 0.25) is 5.02 Å². The first kappa shape index (κ1) is 27.7. The summed E-state index contributed by atoms with van der Waals surface area (Å²) in [7, 11) is 0. The van der Waals surface area contributed by atoms with Crippen LogP contribution in [-0.4, -0.2) is 71.3 Å². The molecule has 208 valence electrons. The number of carbonyl (C=O) groups excluding carboxylic acids is 1. The molecule has 1 amide bonds. The summed E-state index contributed by atoms with van der Waals surface area (Å²) < 4.78 is 41.5. The Morgan fingerprint density at radius 2 is 1.70 bits per heavy atom. The summed E-state index contributed by atoms with van der Waals surface area (Å²) in [4.78, 5) is 26.2. The van der Waals surface area contributed by atoms with Crippen LogP contribution in [0.5, 0.6) is 5.75 Å². The summed E-state index contributed by atoms with van der Waals surface area (Å²) in [6, 6.07) is 20.6. The van der Waals surface area contributed by atoms with Crippen LogP contribution in [0, 0.1) is 0 Å². The van der Waals surface area contributed by atoms with Gasteiger partial charge in [0.2, 0.25) is 5.95 Å². The van der Waals surface area contributed by atoms with Gasteiger partial charge in [0.1, 0.15) is 5.75 Å². The highest BCUT2D eigenvalue weighted by Gasteiger charge is 2.31. The van der Waals surface area contributed by atoms with Crippen molar-refractivity contribution in [3.8, 4) is 17.0 Å². The minimum absolute atomic E-state index is 0.174. The van der Waals surface area contributed by atoms with E-state index in [9.17, 15) is 18.0 Å². The lowest BCUT2D eigenvalue weighted by Crippen LogP contribution is -2.49. The molecule has 1 N–H and O–H groups in total. The van der Waals surface area contributed by atoms with E-state index < -0.39 is 12.1 Å². The standard InChI is InChI=1S/C29H27ClF3N5O2/c30-22-11-9-20(10-12-22)26-24-7-1-2-8-25(24)35-28(36-26)34-13-4-14-37-15-17-38(18-16-37)27(39)21-5-3-6-23(19-21)40-29(31,32)33/h1-3,5-12,19H,4,13-18H2,(H,34,35,36). The van der Waals surface area contributed by atoms with Crippen molar-refractivity contribution in [2.45, 2.75) is 12.8 Å². The van der Waals surface area contributed by atoms with Gasteiger partial charge in [-0.15, -0.1) is 13.2 Å². The fourth-order valence-corrected chi connectivity index (χ4v) is 4.80. The molecule has 4 aromatic rings. The molecule has 11 heteroatoms. The van der Waals surface area contributed by atoms with E-state index in [-0.39, 0.29) is 11.5 Å². The lowest BCUT2D eigenvalue weighted by molar-refractivity contribution is -0.274. The smallest absolute Gasteiger partial charge is 0.406 e. The van der Waals surface area contributed by atoms with E-state index in [1.165, 1.54) is 18.2 Å². The number of anilines is 1. The summed E-state index contributed by atoms with van der Waals surface area (Å²) in [5, 5.41) is 4.96. The third-order valence-electron chi connectivity index (χ3n) is 6.63. The van der Waals surface area contributed by atoms with Crippen molar-refractivity contribution in [3.05, 3.63) is 83.4 Å². The van der Waals surface area contributed by atoms with Crippen molar-refractivity contribution in [2.24, 2.45) is 0 Å². The average molecular weight is 570 g/mol. The number of amides is 1. The first-order valence-corrected chi connectivity index (χ1v) is 13.3. The molecule has 7 nitrogen and oxygen atoms in total. The molecule has 5 rings (SSSR count). The van der Waals surface area contributed by atoms with Gasteiger partial charge >= 0.3 is 6.36 Å². The minimum atomic E-state index is -4.80. The highest BCUT2D eigenvalue weighted by atomic mass is 35.5. The topological polar surface area (TPSA) is 70.6 Å². The van der Waals surface area contributed by atoms with Crippen LogP contribution in [0.3, 0.4) is 0 Å². The average Bonchev–Trinajstić information content (AvgIpc) is 2.94. The predicted octanol–water partition coefficient (Wildman–Crippen LogP) is 6.11. The zero-order valence-corrected chi connectivity index (χ0v) is 22.3. The third kappa shape index (κ3) is 7.00. The lowest BCUT2D eigenvalue weighted by Gasteiger charge is -2.34. The Kier molecular flexibility index (Phi) is 8.37. The Morgan fingerprint density at radius 3 is 2.45 bits per heavy atom. The monoisotopic (exact) mass is 569 g/mol. The van der Waals surface area contributed by atoms with Crippen LogP contribution < -0.4 is 10.1 Å². The maximum atomic E-state index is 12.8. The van der Waals surface area contributed by atoms with Gasteiger partial charge in [-0.25, -0.2) is 9.97 Å². The molecule has 1 aliphatic rings. The molecular weight excluding hydrogens is 543 g/mol. The van der Waals surface area contributed by atoms with Gasteiger partial charge in [0.15, 0.2) is 0 Å². The van der Waals surface area contributed by atoms with Crippen molar-refractivity contribution in [1.82, 2.24) is 19.8 Å². The van der Waals surface area contributed by atoms with E-state index in [4.69, 9.17) is 16.6 Å². The minimum Gasteiger partial charge on any atom is -0.406 e. The maximum Gasteiger partial charge on any atom is 0.573 e. The summed E-state index contributed by atoms with van der Waals surface area (Å²) in [6.45, 7) is 3.84. The number of ether oxygens (including phenoxy) is 1. The van der Waals surface area contributed by atoms with Gasteiger partial charge in [0.05, 0.1) is 11.2 Å². The molecule has 0 unspecified atom stereocenters. The Balaban J connectivity index is 1.12. The number of piperazine rings is 1. The molecule has 2 heterocycles. The second-order valence-electron chi connectivity index (χ2n) is 9.41. The van der Waals surface area contributed by atoms with Crippen LogP contribution >= 0.6 is 11.6 Å². The SMILES string of the molecule is O=C(c1cccc(OC(F)(F)F)c1)N1CCN(CCCNc2nc(-c3ccc(Cl)cc3)c3ccccc3n2)CC1. The van der Waals surface area contributed by atoms with Gasteiger partial charge < -0.3 is 15.0 Å². The molecular formula is C29H27ClF3N5O2. The van der Waals surface area contributed by atoms with Gasteiger partial charge in [-0.05, 0) is 49.4 Å². The van der Waals surface area contributed by atoms with Crippen LogP contribution in [-0.2, 0) is 0 Å². The number of nitrogens with one attached hydrogen (secondary N) is 1. The molecule has 1 fully saturated rings. The third-order valence-corrected chi connectivity index (χ3v) is 6.88. The highest BCUT2D eigenvalue weighted by molar-refractivity contribution is 6.30. The molecule has 3 aromatic carbocycles. The summed E-state index contributed by atoms with van der Waals surface area (Å²) >= 11 is 6.07. The number of hydrogen-bond acceptors (Lipinski definition) is 6. The maximum absolute atomic E-state index is 12.8. The Morgan fingerprint density at radius 1 is 0.950 bits per heavy atom. The fraction of sp³-hybridized carbons (Fsp3) is 0.276. The zero-order valence-electron chi connectivity index (χ0n) is 21.5. The van der Waals surface area contributed by atoms with Gasteiger partial charge in [-0.3, -0.25) is 9.69 Å². The van der Waals surface area contributed by atoms with Gasteiger partial charge in [-0.2, -0.15) is 0 Å². The molecule has 0 aliphatic carbocycles. The van der Waals surface area contributed by atoms with E-state index in [1.54, 1.807) is 4.90 Å². The Labute approximate surface area is 234 Å². The van der Waals surface area contributed by atoms with Crippen LogP contribution in [0.15, 0.2) is 72.8 Å². The van der Waals surface area contributed by atoms with Crippen molar-refractivity contribution < 1.29 is 22.7 Å². The molecule has 0 spiro atoms. The van der Waals surface area contributed by atoms with Crippen LogP contribution in [0.25, 0.3) is 22.2 Å². The number of benzene rings is 3. The number of aromatic nitrogens is 2. The number of hydrogen-bond donors (Lipinski definition) is 1. The molecule has 0 radical (unpaired) electrons. The van der Waals surface area contributed by atoms with Crippen molar-refractivity contribution in [1.29, 1.82) is 0 Å². The van der Waals surface area contributed by atoms with Crippen molar-refractivity contribution in [3.63, 3.8) is 0 Å². The normalized spacial score (nSPS) is 14.3. The van der Waals surface area contributed by atoms with E-state index in [0.717, 1.165) is 41.2 Å². The van der Waals surface area contributed by atoms with E-state index in [1.807, 2.05) is 48.5 Å². The summed E-state index contributed by atoms with van der Waals surface area (Å²) in [5.74, 6) is -0.158. The fourth-order valence-electron chi connectivity index (χ4n) is 4.67. The Hall–Kier alpha value is -3.89. The molecule has 0 bridgehead atoms. The van der Waals surface area contributed by atoms with E-state index >= 15 is 0 Å². The molecule has 40 heavy (non-hydrogen) atoms. The lowest BCUT2D eigenvalue weighted by atomic mass is 10.1. The summed E-state index contributed by atoms with van der Waals surface area (Å²) in [6.07, 6.45) is -3.96. The predicted molar refractivity (Wildman–Crippen MR) is 149 cm³/mol. The molecule has 1 saturated heterocycles. The number of alkyl halides is 3. The molecule has 0 atom stereocenters. The molecule has 1 aromatic heterocycles. The van der Waals surface area contributed by atoms with E-state index in [0.29, 0.717) is 43.7 Å². The molecule has 1 aliphatic heterocycles. The van der Waals surface area contributed by atoms with Gasteiger partial charge in [0.25, 0.3) is 5.91 Å². The summed E-state index contributed by atoms with van der Waals surface area (Å²) in [5.41, 5.74) is 2.81. The number of nitrogens with zero attached hydrogens (tertiary/aromatic N) is 4. The van der Waals surface area contributed by atoms with Gasteiger partial charge in [-0.1, -0.05) is 48.0 Å². The van der Waals surface area contributed by atoms with Crippen molar-refractivity contribution in [2.75, 3.05) is 44.6 Å². The molecule has 0 saturated carbocycles. The first-order valence-electron chi connectivity index (χ1n) is 12.9. The van der Waals surface area contributed by atoms with Crippen LogP contribution in [0.1, 0.15) is 16.8 Å². The van der Waals surface area contributed by atoms with E-state index in [2.05, 4.69) is 19.9 Å². The van der Waals surface area contributed by atoms with Gasteiger partial charge in [0, 0.05) is 54.3 Å². The number of halogens is 4. The van der Waals surface area contributed by atoms with Crippen molar-refractivity contribution >= 4 is 34.4 Å². The Bertz CT molecular complexity index is 1480. The number of rotatable bonds is 8. The van der Waals surface area contributed by atoms with Crippen LogP contribution in [0.4, 0.5) is 19.1 Å². The second kappa shape index (κ2) is 12.1. The number of para-hydroxylation sites is 1. The number of carbonyl (C=O) groups is 1. The second-order valence-corrected chi connectivity index (χ2v) is 9.85. The quantitative estimate of drug-likeness (QED) is 0.258. The highest BCUT2D eigenvalue weighted by Crippen LogP contribution is 2.28. The zero-order chi connectivity index (χ0) is 28.1. The largest absolute Gasteiger partial charge is 0.573 e. The first-order chi connectivity index (χ1) is 19.2. The number of fused-ring (bicyclic) bond motifs is 1.